The molecule has 2 aliphatic heterocycles. The molecule has 28 heavy (non-hydrogen) atoms. The number of carbonyl (C=O) groups is 3. The largest absolute Gasteiger partial charge is 0.454 e. The van der Waals surface area contributed by atoms with Gasteiger partial charge in [-0.3, -0.25) is 14.5 Å². The molecular formula is C20H19N3O5. The minimum absolute atomic E-state index is 0.113. The van der Waals surface area contributed by atoms with Crippen molar-refractivity contribution in [3.05, 3.63) is 54.1 Å². The van der Waals surface area contributed by atoms with E-state index in [0.29, 0.717) is 22.7 Å². The number of ether oxygens (including phenoxy) is 2. The van der Waals surface area contributed by atoms with E-state index in [2.05, 4.69) is 5.32 Å². The summed E-state index contributed by atoms with van der Waals surface area (Å²) in [6.45, 7) is 1.37. The van der Waals surface area contributed by atoms with E-state index in [1.165, 1.54) is 4.90 Å². The Bertz CT molecular complexity index is 962. The summed E-state index contributed by atoms with van der Waals surface area (Å²) >= 11 is 0. The molecule has 0 spiro atoms. The van der Waals surface area contributed by atoms with Gasteiger partial charge >= 0.3 is 6.03 Å². The Morgan fingerprint density at radius 1 is 1.14 bits per heavy atom. The quantitative estimate of drug-likeness (QED) is 0.817. The predicted molar refractivity (Wildman–Crippen MR) is 100 cm³/mol. The maximum atomic E-state index is 13.0. The first-order chi connectivity index (χ1) is 13.4. The third kappa shape index (κ3) is 2.83. The Balaban J connectivity index is 1.54. The van der Waals surface area contributed by atoms with Gasteiger partial charge in [0, 0.05) is 12.7 Å². The summed E-state index contributed by atoms with van der Waals surface area (Å²) in [4.78, 5) is 40.5. The van der Waals surface area contributed by atoms with E-state index in [4.69, 9.17) is 9.47 Å². The molecule has 1 N–H and O–H groups in total. The van der Waals surface area contributed by atoms with Crippen molar-refractivity contribution in [3.63, 3.8) is 0 Å². The molecular weight excluding hydrogens is 362 g/mol. The summed E-state index contributed by atoms with van der Waals surface area (Å²) in [6, 6.07) is 13.5. The van der Waals surface area contributed by atoms with Gasteiger partial charge in [0.2, 0.25) is 12.7 Å². The van der Waals surface area contributed by atoms with Crippen molar-refractivity contribution in [1.29, 1.82) is 0 Å². The highest BCUT2D eigenvalue weighted by molar-refractivity contribution is 6.10. The maximum Gasteiger partial charge on any atom is 0.325 e. The molecule has 1 atom stereocenters. The third-order valence-corrected chi connectivity index (χ3v) is 5.04. The highest BCUT2D eigenvalue weighted by Gasteiger charge is 2.50. The van der Waals surface area contributed by atoms with Gasteiger partial charge in [0.1, 0.15) is 12.1 Å². The fourth-order valence-corrected chi connectivity index (χ4v) is 3.28. The van der Waals surface area contributed by atoms with Crippen molar-refractivity contribution < 1.29 is 23.9 Å². The van der Waals surface area contributed by atoms with Crippen molar-refractivity contribution in [3.8, 4) is 11.5 Å². The Labute approximate surface area is 161 Å². The molecule has 1 fully saturated rings. The number of amides is 4. The van der Waals surface area contributed by atoms with Gasteiger partial charge in [0.05, 0.1) is 0 Å². The number of benzene rings is 2. The Morgan fingerprint density at radius 2 is 1.86 bits per heavy atom. The number of anilines is 1. The summed E-state index contributed by atoms with van der Waals surface area (Å²) in [6.07, 6.45) is 0. The van der Waals surface area contributed by atoms with Crippen LogP contribution in [0.2, 0.25) is 0 Å². The van der Waals surface area contributed by atoms with Crippen LogP contribution in [0.5, 0.6) is 11.5 Å². The van der Waals surface area contributed by atoms with E-state index in [0.717, 1.165) is 4.90 Å². The van der Waals surface area contributed by atoms with Crippen LogP contribution in [0.15, 0.2) is 48.5 Å². The molecule has 2 aromatic rings. The van der Waals surface area contributed by atoms with Crippen LogP contribution in [0, 0.1) is 0 Å². The standard InChI is InChI=1S/C20H19N3O5/c1-20(13-8-9-15-16(10-13)28-12-27-15)18(25)23(19(26)21-20)11-17(24)22(2)14-6-4-3-5-7-14/h3-10H,11-12H2,1-2H3,(H,21,26)/t20-/m1/s1. The lowest BCUT2D eigenvalue weighted by atomic mass is 9.91. The number of hydrogen-bond donors (Lipinski definition) is 1. The maximum absolute atomic E-state index is 13.0. The first-order valence-corrected chi connectivity index (χ1v) is 8.76. The van der Waals surface area contributed by atoms with Crippen LogP contribution in [0.3, 0.4) is 0 Å². The Kier molecular flexibility index (Phi) is 4.18. The van der Waals surface area contributed by atoms with Gasteiger partial charge in [-0.25, -0.2) is 4.79 Å². The molecule has 0 bridgehead atoms. The van der Waals surface area contributed by atoms with E-state index >= 15 is 0 Å². The number of carbonyl (C=O) groups excluding carboxylic acids is 3. The number of nitrogens with one attached hydrogen (secondary N) is 1. The number of para-hydroxylation sites is 1. The average molecular weight is 381 g/mol. The Morgan fingerprint density at radius 3 is 2.61 bits per heavy atom. The lowest BCUT2D eigenvalue weighted by molar-refractivity contribution is -0.134. The topological polar surface area (TPSA) is 88.2 Å². The van der Waals surface area contributed by atoms with E-state index in [1.807, 2.05) is 18.2 Å². The van der Waals surface area contributed by atoms with E-state index in [-0.39, 0.29) is 19.2 Å². The minimum Gasteiger partial charge on any atom is -0.454 e. The van der Waals surface area contributed by atoms with E-state index < -0.39 is 17.5 Å². The van der Waals surface area contributed by atoms with Crippen molar-refractivity contribution in [2.24, 2.45) is 0 Å². The molecule has 2 heterocycles. The first-order valence-electron chi connectivity index (χ1n) is 8.76. The van der Waals surface area contributed by atoms with Crippen molar-refractivity contribution in [2.45, 2.75) is 12.5 Å². The molecule has 2 aliphatic rings. The fourth-order valence-electron chi connectivity index (χ4n) is 3.28. The van der Waals surface area contributed by atoms with Crippen LogP contribution >= 0.6 is 0 Å². The van der Waals surface area contributed by atoms with Crippen LogP contribution in [-0.2, 0) is 15.1 Å². The van der Waals surface area contributed by atoms with Crippen LogP contribution in [0.1, 0.15) is 12.5 Å². The molecule has 1 saturated heterocycles. The molecule has 8 heteroatoms. The number of nitrogens with zero attached hydrogens (tertiary/aromatic N) is 2. The summed E-state index contributed by atoms with van der Waals surface area (Å²) in [7, 11) is 1.60. The number of fused-ring (bicyclic) bond motifs is 1. The number of likely N-dealkylation sites (N-methyl/N-ethyl adjacent to an activating group) is 1. The van der Waals surface area contributed by atoms with Crippen molar-refractivity contribution >= 4 is 23.5 Å². The van der Waals surface area contributed by atoms with Gasteiger partial charge in [0.15, 0.2) is 11.5 Å². The molecule has 0 saturated carbocycles. The van der Waals surface area contributed by atoms with Crippen molar-refractivity contribution in [1.82, 2.24) is 10.2 Å². The van der Waals surface area contributed by atoms with Gasteiger partial charge in [-0.2, -0.15) is 0 Å². The van der Waals surface area contributed by atoms with Crippen LogP contribution in [0.25, 0.3) is 0 Å². The number of imide groups is 1. The van der Waals surface area contributed by atoms with E-state index in [9.17, 15) is 14.4 Å². The fraction of sp³-hybridized carbons (Fsp3) is 0.250. The molecule has 0 aromatic heterocycles. The van der Waals surface area contributed by atoms with Crippen LogP contribution in [-0.4, -0.2) is 43.1 Å². The summed E-state index contributed by atoms with van der Waals surface area (Å²) in [5.74, 6) is 0.232. The van der Waals surface area contributed by atoms with Crippen molar-refractivity contribution in [2.75, 3.05) is 25.3 Å². The lowest BCUT2D eigenvalue weighted by Gasteiger charge is -2.23. The summed E-state index contributed by atoms with van der Waals surface area (Å²) in [5, 5.41) is 2.69. The molecule has 2 aromatic carbocycles. The smallest absolute Gasteiger partial charge is 0.325 e. The molecule has 0 unspecified atom stereocenters. The predicted octanol–water partition coefficient (Wildman–Crippen LogP) is 1.85. The SMILES string of the molecule is CN(C(=O)CN1C(=O)N[C@](C)(c2ccc3c(c2)OCO3)C1=O)c1ccccc1. The number of rotatable bonds is 4. The monoisotopic (exact) mass is 381 g/mol. The van der Waals surface area contributed by atoms with Crippen LogP contribution < -0.4 is 19.7 Å². The summed E-state index contributed by atoms with van der Waals surface area (Å²) < 4.78 is 10.6. The third-order valence-electron chi connectivity index (χ3n) is 5.04. The molecule has 0 aliphatic carbocycles. The normalized spacial score (nSPS) is 20.3. The zero-order chi connectivity index (χ0) is 19.9. The summed E-state index contributed by atoms with van der Waals surface area (Å²) in [5.41, 5.74) is -0.0523. The van der Waals surface area contributed by atoms with Gasteiger partial charge < -0.3 is 19.7 Å². The molecule has 4 amide bonds. The lowest BCUT2D eigenvalue weighted by Crippen LogP contribution is -2.43. The Hall–Kier alpha value is -3.55. The number of hydrogen-bond acceptors (Lipinski definition) is 5. The molecule has 144 valence electrons. The average Bonchev–Trinajstić information content (AvgIpc) is 3.26. The zero-order valence-electron chi connectivity index (χ0n) is 15.5. The van der Waals surface area contributed by atoms with Crippen LogP contribution in [0.4, 0.5) is 10.5 Å². The zero-order valence-corrected chi connectivity index (χ0v) is 15.5. The second kappa shape index (κ2) is 6.56. The number of urea groups is 1. The molecule has 0 radical (unpaired) electrons. The highest BCUT2D eigenvalue weighted by Crippen LogP contribution is 2.37. The molecule has 4 rings (SSSR count). The van der Waals surface area contributed by atoms with Gasteiger partial charge in [-0.15, -0.1) is 0 Å². The van der Waals surface area contributed by atoms with Gasteiger partial charge in [-0.1, -0.05) is 24.3 Å². The minimum atomic E-state index is -1.29. The van der Waals surface area contributed by atoms with Gasteiger partial charge in [-0.05, 0) is 36.8 Å². The van der Waals surface area contributed by atoms with Gasteiger partial charge in [0.25, 0.3) is 5.91 Å². The highest BCUT2D eigenvalue weighted by atomic mass is 16.7. The first kappa shape index (κ1) is 17.8. The molecule has 8 nitrogen and oxygen atoms in total. The van der Waals surface area contributed by atoms with E-state index in [1.54, 1.807) is 44.3 Å². The second-order valence-electron chi connectivity index (χ2n) is 6.80. The second-order valence-corrected chi connectivity index (χ2v) is 6.80.